The first-order valence-electron chi connectivity index (χ1n) is 4.98. The molecule has 90 valence electrons. The molecule has 1 aromatic rings. The van der Waals surface area contributed by atoms with Gasteiger partial charge in [0, 0.05) is 13.6 Å². The highest BCUT2D eigenvalue weighted by atomic mass is 16.5. The summed E-state index contributed by atoms with van der Waals surface area (Å²) < 4.78 is 15.9. The Hall–Kier alpha value is -1.46. The van der Waals surface area contributed by atoms with Crippen molar-refractivity contribution in [3.05, 3.63) is 18.2 Å². The fraction of sp³-hybridized carbons (Fsp3) is 0.455. The zero-order valence-corrected chi connectivity index (χ0v) is 9.90. The number of hydrogen-bond acceptors (Lipinski definition) is 5. The fourth-order valence-corrected chi connectivity index (χ4v) is 1.27. The zero-order chi connectivity index (χ0) is 12.0. The van der Waals surface area contributed by atoms with Crippen LogP contribution in [0.1, 0.15) is 0 Å². The van der Waals surface area contributed by atoms with Crippen molar-refractivity contribution in [1.29, 1.82) is 0 Å². The van der Waals surface area contributed by atoms with Crippen molar-refractivity contribution < 1.29 is 14.2 Å². The summed E-state index contributed by atoms with van der Waals surface area (Å²) in [5.41, 5.74) is 0. The van der Waals surface area contributed by atoms with E-state index in [1.54, 1.807) is 26.3 Å². The van der Waals surface area contributed by atoms with Crippen LogP contribution in [-0.2, 0) is 0 Å². The van der Waals surface area contributed by atoms with Crippen LogP contribution < -0.4 is 20.1 Å². The minimum absolute atomic E-state index is 0.497. The number of methoxy groups -OCH3 is 2. The standard InChI is InChI=1S/C11H18N2O3/c1-13(12)7-8-16-10-6-4-5-9(14-2)11(10)15-3/h4-6H,7-8,12H2,1-3H3. The van der Waals surface area contributed by atoms with Crippen LogP contribution in [0.15, 0.2) is 18.2 Å². The minimum Gasteiger partial charge on any atom is -0.493 e. The van der Waals surface area contributed by atoms with E-state index in [0.29, 0.717) is 30.4 Å². The van der Waals surface area contributed by atoms with Crippen molar-refractivity contribution in [2.24, 2.45) is 5.84 Å². The third-order valence-electron chi connectivity index (χ3n) is 2.07. The molecule has 0 radical (unpaired) electrons. The van der Waals surface area contributed by atoms with Crippen LogP contribution in [0.4, 0.5) is 0 Å². The fourth-order valence-electron chi connectivity index (χ4n) is 1.27. The smallest absolute Gasteiger partial charge is 0.203 e. The minimum atomic E-state index is 0.497. The van der Waals surface area contributed by atoms with Crippen LogP contribution in [0.5, 0.6) is 17.2 Å². The number of hydrogen-bond donors (Lipinski definition) is 1. The Bertz CT molecular complexity index is 329. The second-order valence-corrected chi connectivity index (χ2v) is 3.32. The number of nitrogens with zero attached hydrogens (tertiary/aromatic N) is 1. The summed E-state index contributed by atoms with van der Waals surface area (Å²) in [5.74, 6) is 7.39. The van der Waals surface area contributed by atoms with Crippen molar-refractivity contribution in [2.45, 2.75) is 0 Å². The highest BCUT2D eigenvalue weighted by molar-refractivity contribution is 5.50. The van der Waals surface area contributed by atoms with E-state index in [-0.39, 0.29) is 0 Å². The third kappa shape index (κ3) is 3.29. The molecule has 0 unspecified atom stereocenters. The first-order chi connectivity index (χ1) is 7.69. The van der Waals surface area contributed by atoms with Crippen LogP contribution >= 0.6 is 0 Å². The maximum Gasteiger partial charge on any atom is 0.203 e. The van der Waals surface area contributed by atoms with Crippen LogP contribution in [0.25, 0.3) is 0 Å². The van der Waals surface area contributed by atoms with Gasteiger partial charge in [0.05, 0.1) is 14.2 Å². The van der Waals surface area contributed by atoms with Gasteiger partial charge in [-0.05, 0) is 12.1 Å². The molecule has 0 bridgehead atoms. The van der Waals surface area contributed by atoms with Crippen LogP contribution in [0.3, 0.4) is 0 Å². The van der Waals surface area contributed by atoms with Crippen molar-refractivity contribution in [1.82, 2.24) is 5.01 Å². The van der Waals surface area contributed by atoms with Crippen molar-refractivity contribution in [3.8, 4) is 17.2 Å². The van der Waals surface area contributed by atoms with Gasteiger partial charge in [-0.15, -0.1) is 0 Å². The van der Waals surface area contributed by atoms with Gasteiger partial charge in [-0.25, -0.2) is 5.01 Å². The molecule has 0 aliphatic heterocycles. The van der Waals surface area contributed by atoms with Crippen LogP contribution in [0.2, 0.25) is 0 Å². The van der Waals surface area contributed by atoms with E-state index in [4.69, 9.17) is 20.1 Å². The maximum atomic E-state index is 5.55. The predicted octanol–water partition coefficient (Wildman–Crippen LogP) is 0.888. The predicted molar refractivity (Wildman–Crippen MR) is 61.9 cm³/mol. The van der Waals surface area contributed by atoms with Gasteiger partial charge in [-0.3, -0.25) is 5.84 Å². The molecule has 0 fully saturated rings. The van der Waals surface area contributed by atoms with E-state index >= 15 is 0 Å². The van der Waals surface area contributed by atoms with Gasteiger partial charge in [0.1, 0.15) is 6.61 Å². The Morgan fingerprint density at radius 3 is 2.44 bits per heavy atom. The van der Waals surface area contributed by atoms with Crippen LogP contribution in [-0.4, -0.2) is 39.4 Å². The van der Waals surface area contributed by atoms with Gasteiger partial charge < -0.3 is 14.2 Å². The molecule has 0 aliphatic carbocycles. The molecule has 0 saturated carbocycles. The molecular weight excluding hydrogens is 208 g/mol. The lowest BCUT2D eigenvalue weighted by Crippen LogP contribution is -2.30. The van der Waals surface area contributed by atoms with E-state index in [0.717, 1.165) is 0 Å². The normalized spacial score (nSPS) is 10.3. The molecule has 0 spiro atoms. The van der Waals surface area contributed by atoms with E-state index in [1.807, 2.05) is 18.2 Å². The average molecular weight is 226 g/mol. The topological polar surface area (TPSA) is 57.0 Å². The summed E-state index contributed by atoms with van der Waals surface area (Å²) in [5, 5.41) is 1.56. The second kappa shape index (κ2) is 6.19. The first-order valence-corrected chi connectivity index (χ1v) is 4.98. The summed E-state index contributed by atoms with van der Waals surface area (Å²) >= 11 is 0. The highest BCUT2D eigenvalue weighted by Gasteiger charge is 2.10. The van der Waals surface area contributed by atoms with Crippen molar-refractivity contribution in [2.75, 3.05) is 34.4 Å². The summed E-state index contributed by atoms with van der Waals surface area (Å²) in [6.45, 7) is 1.14. The van der Waals surface area contributed by atoms with Gasteiger partial charge in [0.15, 0.2) is 11.5 Å². The van der Waals surface area contributed by atoms with Gasteiger partial charge in [0.2, 0.25) is 5.75 Å². The van der Waals surface area contributed by atoms with Crippen LogP contribution in [0, 0.1) is 0 Å². The molecular formula is C11H18N2O3. The summed E-state index contributed by atoms with van der Waals surface area (Å²) in [6, 6.07) is 5.50. The molecule has 1 rings (SSSR count). The van der Waals surface area contributed by atoms with Crippen molar-refractivity contribution >= 4 is 0 Å². The monoisotopic (exact) mass is 226 g/mol. The molecule has 0 heterocycles. The Morgan fingerprint density at radius 2 is 1.88 bits per heavy atom. The van der Waals surface area contributed by atoms with Gasteiger partial charge in [-0.1, -0.05) is 6.07 Å². The molecule has 1 aromatic carbocycles. The molecule has 0 aliphatic rings. The summed E-state index contributed by atoms with van der Waals surface area (Å²) in [4.78, 5) is 0. The lowest BCUT2D eigenvalue weighted by Gasteiger charge is -2.14. The quantitative estimate of drug-likeness (QED) is 0.576. The molecule has 2 N–H and O–H groups in total. The molecule has 5 heteroatoms. The molecule has 0 saturated heterocycles. The number of rotatable bonds is 6. The largest absolute Gasteiger partial charge is 0.493 e. The lowest BCUT2D eigenvalue weighted by atomic mass is 10.3. The average Bonchev–Trinajstić information content (AvgIpc) is 2.28. The molecule has 0 atom stereocenters. The van der Waals surface area contributed by atoms with Gasteiger partial charge in [0.25, 0.3) is 0 Å². The zero-order valence-electron chi connectivity index (χ0n) is 9.90. The number of ether oxygens (including phenoxy) is 3. The SMILES string of the molecule is COc1cccc(OCCN(C)N)c1OC. The molecule has 0 amide bonds. The molecule has 16 heavy (non-hydrogen) atoms. The number of benzene rings is 1. The van der Waals surface area contributed by atoms with E-state index in [2.05, 4.69) is 0 Å². The molecule has 0 aromatic heterocycles. The Balaban J connectivity index is 2.71. The number of para-hydroxylation sites is 1. The van der Waals surface area contributed by atoms with E-state index < -0.39 is 0 Å². The van der Waals surface area contributed by atoms with E-state index in [1.165, 1.54) is 0 Å². The summed E-state index contributed by atoms with van der Waals surface area (Å²) in [7, 11) is 4.96. The maximum absolute atomic E-state index is 5.55. The first kappa shape index (κ1) is 12.6. The summed E-state index contributed by atoms with van der Waals surface area (Å²) in [6.07, 6.45) is 0. The third-order valence-corrected chi connectivity index (χ3v) is 2.07. The number of hydrazine groups is 1. The van der Waals surface area contributed by atoms with Gasteiger partial charge >= 0.3 is 0 Å². The lowest BCUT2D eigenvalue weighted by molar-refractivity contribution is 0.231. The Kier molecular flexibility index (Phi) is 4.88. The number of nitrogens with two attached hydrogens (primary N) is 1. The molecule has 5 nitrogen and oxygen atoms in total. The Labute approximate surface area is 95.7 Å². The van der Waals surface area contributed by atoms with E-state index in [9.17, 15) is 0 Å². The number of likely N-dealkylation sites (N-methyl/N-ethyl adjacent to an activating group) is 1. The highest BCUT2D eigenvalue weighted by Crippen LogP contribution is 2.36. The van der Waals surface area contributed by atoms with Crippen molar-refractivity contribution in [3.63, 3.8) is 0 Å². The second-order valence-electron chi connectivity index (χ2n) is 3.32. The Morgan fingerprint density at radius 1 is 1.19 bits per heavy atom. The van der Waals surface area contributed by atoms with Gasteiger partial charge in [-0.2, -0.15) is 0 Å².